The van der Waals surface area contributed by atoms with Gasteiger partial charge in [-0.3, -0.25) is 9.48 Å². The standard InChI is InChI=1S/C12H22N4O/c1-4-5-6-11(13)12(17)14-7-10-8-16(3)15-9(10)2/h8,11H,4-7,13H2,1-3H3,(H,14,17)/t11-/m0/s1. The van der Waals surface area contributed by atoms with Gasteiger partial charge in [0.05, 0.1) is 11.7 Å². The number of nitrogens with zero attached hydrogens (tertiary/aromatic N) is 2. The topological polar surface area (TPSA) is 72.9 Å². The highest BCUT2D eigenvalue weighted by Crippen LogP contribution is 2.04. The smallest absolute Gasteiger partial charge is 0.237 e. The first-order valence-corrected chi connectivity index (χ1v) is 6.07. The Morgan fingerprint density at radius 3 is 2.88 bits per heavy atom. The monoisotopic (exact) mass is 238 g/mol. The minimum atomic E-state index is -0.396. The van der Waals surface area contributed by atoms with E-state index < -0.39 is 6.04 Å². The predicted molar refractivity (Wildman–Crippen MR) is 67.3 cm³/mol. The van der Waals surface area contributed by atoms with E-state index in [2.05, 4.69) is 17.3 Å². The Bertz CT molecular complexity index is 373. The Hall–Kier alpha value is -1.36. The largest absolute Gasteiger partial charge is 0.351 e. The molecule has 0 bridgehead atoms. The van der Waals surface area contributed by atoms with Crippen LogP contribution in [0.2, 0.25) is 0 Å². The van der Waals surface area contributed by atoms with Crippen molar-refractivity contribution < 1.29 is 4.79 Å². The SMILES string of the molecule is CCCC[C@H](N)C(=O)NCc1cn(C)nc1C. The predicted octanol–water partition coefficient (Wildman–Crippen LogP) is 0.862. The lowest BCUT2D eigenvalue weighted by atomic mass is 10.1. The van der Waals surface area contributed by atoms with Gasteiger partial charge in [-0.2, -0.15) is 5.10 Å². The van der Waals surface area contributed by atoms with Gasteiger partial charge in [0.15, 0.2) is 0 Å². The lowest BCUT2D eigenvalue weighted by Crippen LogP contribution is -2.40. The average molecular weight is 238 g/mol. The van der Waals surface area contributed by atoms with E-state index >= 15 is 0 Å². The summed E-state index contributed by atoms with van der Waals surface area (Å²) < 4.78 is 1.74. The van der Waals surface area contributed by atoms with Crippen molar-refractivity contribution in [2.45, 2.75) is 45.7 Å². The summed E-state index contributed by atoms with van der Waals surface area (Å²) in [7, 11) is 1.87. The summed E-state index contributed by atoms with van der Waals surface area (Å²) in [5.74, 6) is -0.0818. The molecule has 1 heterocycles. The first-order valence-electron chi connectivity index (χ1n) is 6.07. The quantitative estimate of drug-likeness (QED) is 0.772. The molecule has 0 radical (unpaired) electrons. The Morgan fingerprint density at radius 1 is 1.65 bits per heavy atom. The van der Waals surface area contributed by atoms with Crippen molar-refractivity contribution in [3.63, 3.8) is 0 Å². The summed E-state index contributed by atoms with van der Waals surface area (Å²) >= 11 is 0. The van der Waals surface area contributed by atoms with Gasteiger partial charge in [0.2, 0.25) is 5.91 Å². The normalized spacial score (nSPS) is 12.5. The molecule has 0 aliphatic heterocycles. The lowest BCUT2D eigenvalue weighted by Gasteiger charge is -2.11. The Balaban J connectivity index is 2.40. The van der Waals surface area contributed by atoms with Crippen molar-refractivity contribution in [1.82, 2.24) is 15.1 Å². The number of nitrogens with two attached hydrogens (primary N) is 1. The van der Waals surface area contributed by atoms with Crippen molar-refractivity contribution in [3.05, 3.63) is 17.5 Å². The van der Waals surface area contributed by atoms with Gasteiger partial charge in [-0.05, 0) is 13.3 Å². The van der Waals surface area contributed by atoms with Crippen molar-refractivity contribution in [2.24, 2.45) is 12.8 Å². The van der Waals surface area contributed by atoms with Crippen molar-refractivity contribution in [2.75, 3.05) is 0 Å². The third-order valence-electron chi connectivity index (χ3n) is 2.77. The number of carbonyl (C=O) groups is 1. The Morgan fingerprint density at radius 2 is 2.35 bits per heavy atom. The van der Waals surface area contributed by atoms with Crippen LogP contribution in [-0.2, 0) is 18.4 Å². The van der Waals surface area contributed by atoms with E-state index in [0.717, 1.165) is 30.5 Å². The van der Waals surface area contributed by atoms with Crippen LogP contribution in [0.1, 0.15) is 37.4 Å². The number of nitrogens with one attached hydrogen (secondary N) is 1. The molecule has 0 saturated heterocycles. The number of aromatic nitrogens is 2. The first-order chi connectivity index (χ1) is 8.04. The highest BCUT2D eigenvalue weighted by Gasteiger charge is 2.13. The number of aryl methyl sites for hydroxylation is 2. The highest BCUT2D eigenvalue weighted by molar-refractivity contribution is 5.81. The van der Waals surface area contributed by atoms with E-state index in [9.17, 15) is 4.79 Å². The van der Waals surface area contributed by atoms with Crippen molar-refractivity contribution >= 4 is 5.91 Å². The molecule has 1 rings (SSSR count). The highest BCUT2D eigenvalue weighted by atomic mass is 16.2. The molecule has 0 spiro atoms. The molecular weight excluding hydrogens is 216 g/mol. The molecule has 0 fully saturated rings. The zero-order chi connectivity index (χ0) is 12.8. The Labute approximate surface area is 102 Å². The van der Waals surface area contributed by atoms with E-state index in [-0.39, 0.29) is 5.91 Å². The van der Waals surface area contributed by atoms with Gasteiger partial charge in [0, 0.05) is 25.4 Å². The first kappa shape index (κ1) is 13.7. The molecule has 0 aliphatic rings. The summed E-state index contributed by atoms with van der Waals surface area (Å²) in [6.07, 6.45) is 4.70. The molecule has 0 aromatic carbocycles. The zero-order valence-electron chi connectivity index (χ0n) is 10.9. The molecule has 1 aromatic rings. The molecule has 1 amide bonds. The molecule has 3 N–H and O–H groups in total. The third-order valence-corrected chi connectivity index (χ3v) is 2.77. The number of carbonyl (C=O) groups excluding carboxylic acids is 1. The molecule has 5 nitrogen and oxygen atoms in total. The molecule has 0 unspecified atom stereocenters. The van der Waals surface area contributed by atoms with Crippen LogP contribution in [0.4, 0.5) is 0 Å². The van der Waals surface area contributed by atoms with Gasteiger partial charge in [0.25, 0.3) is 0 Å². The van der Waals surface area contributed by atoms with Crippen LogP contribution < -0.4 is 11.1 Å². The van der Waals surface area contributed by atoms with Gasteiger partial charge in [-0.1, -0.05) is 19.8 Å². The maximum Gasteiger partial charge on any atom is 0.237 e. The van der Waals surface area contributed by atoms with Gasteiger partial charge < -0.3 is 11.1 Å². The van der Waals surface area contributed by atoms with Crippen LogP contribution >= 0.6 is 0 Å². The number of hydrogen-bond donors (Lipinski definition) is 2. The van der Waals surface area contributed by atoms with Gasteiger partial charge in [-0.25, -0.2) is 0 Å². The summed E-state index contributed by atoms with van der Waals surface area (Å²) in [4.78, 5) is 11.7. The summed E-state index contributed by atoms with van der Waals surface area (Å²) in [5, 5.41) is 7.06. The number of unbranched alkanes of at least 4 members (excludes halogenated alkanes) is 1. The molecule has 96 valence electrons. The van der Waals surface area contributed by atoms with Crippen LogP contribution in [0, 0.1) is 6.92 Å². The molecule has 0 aliphatic carbocycles. The van der Waals surface area contributed by atoms with Crippen LogP contribution in [0.3, 0.4) is 0 Å². The van der Waals surface area contributed by atoms with E-state index in [1.165, 1.54) is 0 Å². The summed E-state index contributed by atoms with van der Waals surface area (Å²) in [6.45, 7) is 4.51. The van der Waals surface area contributed by atoms with E-state index in [1.807, 2.05) is 20.2 Å². The Kier molecular flexibility index (Phi) is 5.15. The van der Waals surface area contributed by atoms with Crippen LogP contribution in [0.5, 0.6) is 0 Å². The maximum atomic E-state index is 11.7. The molecule has 17 heavy (non-hydrogen) atoms. The summed E-state index contributed by atoms with van der Waals surface area (Å²) in [6, 6.07) is -0.396. The minimum absolute atomic E-state index is 0.0818. The van der Waals surface area contributed by atoms with Gasteiger partial charge in [-0.15, -0.1) is 0 Å². The minimum Gasteiger partial charge on any atom is -0.351 e. The van der Waals surface area contributed by atoms with Crippen LogP contribution in [0.15, 0.2) is 6.20 Å². The lowest BCUT2D eigenvalue weighted by molar-refractivity contribution is -0.122. The molecule has 1 aromatic heterocycles. The van der Waals surface area contributed by atoms with Crippen LogP contribution in [0.25, 0.3) is 0 Å². The fourth-order valence-electron chi connectivity index (χ4n) is 1.69. The summed E-state index contributed by atoms with van der Waals surface area (Å²) in [5.41, 5.74) is 7.75. The number of amides is 1. The van der Waals surface area contributed by atoms with Crippen molar-refractivity contribution in [1.29, 1.82) is 0 Å². The molecule has 0 saturated carbocycles. The van der Waals surface area contributed by atoms with E-state index in [4.69, 9.17) is 5.73 Å². The second-order valence-corrected chi connectivity index (χ2v) is 4.38. The zero-order valence-corrected chi connectivity index (χ0v) is 10.9. The number of rotatable bonds is 6. The van der Waals surface area contributed by atoms with E-state index in [1.54, 1.807) is 4.68 Å². The molecular formula is C12H22N4O. The second kappa shape index (κ2) is 6.39. The fourth-order valence-corrected chi connectivity index (χ4v) is 1.69. The molecule has 5 heteroatoms. The molecule has 1 atom stereocenters. The van der Waals surface area contributed by atoms with Gasteiger partial charge in [0.1, 0.15) is 0 Å². The third kappa shape index (κ3) is 4.19. The number of hydrogen-bond acceptors (Lipinski definition) is 3. The second-order valence-electron chi connectivity index (χ2n) is 4.38. The van der Waals surface area contributed by atoms with Crippen molar-refractivity contribution in [3.8, 4) is 0 Å². The van der Waals surface area contributed by atoms with Crippen LogP contribution in [-0.4, -0.2) is 21.7 Å². The van der Waals surface area contributed by atoms with E-state index in [0.29, 0.717) is 6.54 Å². The fraction of sp³-hybridized carbons (Fsp3) is 0.667. The van der Waals surface area contributed by atoms with Gasteiger partial charge >= 0.3 is 0 Å². The maximum absolute atomic E-state index is 11.7. The average Bonchev–Trinajstić information content (AvgIpc) is 2.61.